The van der Waals surface area contributed by atoms with Gasteiger partial charge in [-0.25, -0.2) is 0 Å². The van der Waals surface area contributed by atoms with Crippen LogP contribution >= 0.6 is 0 Å². The molecule has 0 saturated carbocycles. The number of aliphatic hydroxyl groups is 7. The maximum absolute atomic E-state index is 13.1. The fourth-order valence-corrected chi connectivity index (χ4v) is 9.34. The highest BCUT2D eigenvalue weighted by Gasteiger charge is 2.47. The summed E-state index contributed by atoms with van der Waals surface area (Å²) >= 11 is 0. The van der Waals surface area contributed by atoms with E-state index in [4.69, 9.17) is 28.4 Å². The second-order valence-corrected chi connectivity index (χ2v) is 20.8. The molecule has 0 aromatic heterocycles. The van der Waals surface area contributed by atoms with Gasteiger partial charge in [-0.1, -0.05) is 217 Å². The monoisotopic (exact) mass is 1050 g/mol. The van der Waals surface area contributed by atoms with E-state index >= 15 is 0 Å². The zero-order valence-electron chi connectivity index (χ0n) is 46.3. The number of rotatable bonds is 48. The molecule has 11 atom stereocenters. The summed E-state index contributed by atoms with van der Waals surface area (Å²) in [4.78, 5) is 13.1. The summed E-state index contributed by atoms with van der Waals surface area (Å²) in [5.74, 6) is -0.382. The quantitative estimate of drug-likeness (QED) is 0.0172. The zero-order valence-corrected chi connectivity index (χ0v) is 46.3. The maximum Gasteiger partial charge on any atom is 0.306 e. The van der Waals surface area contributed by atoms with Gasteiger partial charge in [0.15, 0.2) is 12.6 Å². The third-order valence-electron chi connectivity index (χ3n) is 14.1. The molecule has 14 heteroatoms. The molecule has 2 rings (SSSR count). The molecule has 0 bridgehead atoms. The molecule has 14 nitrogen and oxygen atoms in total. The molecule has 11 unspecified atom stereocenters. The summed E-state index contributed by atoms with van der Waals surface area (Å²) in [6.45, 7) is 3.60. The Hall–Kier alpha value is -2.05. The van der Waals surface area contributed by atoms with Gasteiger partial charge in [-0.15, -0.1) is 0 Å². The molecule has 0 aliphatic carbocycles. The second-order valence-electron chi connectivity index (χ2n) is 20.8. The summed E-state index contributed by atoms with van der Waals surface area (Å²) in [5, 5.41) is 72.4. The van der Waals surface area contributed by atoms with Crippen LogP contribution in [-0.4, -0.2) is 142 Å². The van der Waals surface area contributed by atoms with Crippen LogP contribution in [0.4, 0.5) is 0 Å². The van der Waals surface area contributed by atoms with Gasteiger partial charge >= 0.3 is 5.97 Å². The van der Waals surface area contributed by atoms with E-state index in [0.29, 0.717) is 13.0 Å². The van der Waals surface area contributed by atoms with Crippen LogP contribution in [0.3, 0.4) is 0 Å². The molecule has 432 valence electrons. The van der Waals surface area contributed by atoms with Gasteiger partial charge in [-0.3, -0.25) is 4.79 Å². The first-order valence-corrected chi connectivity index (χ1v) is 29.7. The van der Waals surface area contributed by atoms with Crippen LogP contribution in [0.2, 0.25) is 0 Å². The van der Waals surface area contributed by atoms with Crippen molar-refractivity contribution < 1.29 is 69.0 Å². The highest BCUT2D eigenvalue weighted by atomic mass is 16.7. The smallest absolute Gasteiger partial charge is 0.306 e. The number of esters is 1. The second kappa shape index (κ2) is 47.0. The highest BCUT2D eigenvalue weighted by Crippen LogP contribution is 2.27. The van der Waals surface area contributed by atoms with Crippen LogP contribution in [-0.2, 0) is 33.2 Å². The Labute approximate surface area is 448 Å². The van der Waals surface area contributed by atoms with Gasteiger partial charge in [-0.05, 0) is 51.4 Å². The van der Waals surface area contributed by atoms with E-state index in [1.54, 1.807) is 0 Å². The lowest BCUT2D eigenvalue weighted by Gasteiger charge is -2.42. The summed E-state index contributed by atoms with van der Waals surface area (Å²) in [7, 11) is 0. The van der Waals surface area contributed by atoms with E-state index in [1.165, 1.54) is 128 Å². The fourth-order valence-electron chi connectivity index (χ4n) is 9.34. The molecule has 0 spiro atoms. The van der Waals surface area contributed by atoms with Crippen molar-refractivity contribution in [2.75, 3.05) is 33.0 Å². The molecule has 2 saturated heterocycles. The minimum absolute atomic E-state index is 0.0602. The Morgan fingerprint density at radius 3 is 1.38 bits per heavy atom. The molecule has 2 fully saturated rings. The van der Waals surface area contributed by atoms with Gasteiger partial charge in [-0.2, -0.15) is 0 Å². The first-order chi connectivity index (χ1) is 36.1. The molecule has 2 aliphatic rings. The predicted octanol–water partition coefficient (Wildman–Crippen LogP) is 10.7. The molecule has 2 heterocycles. The summed E-state index contributed by atoms with van der Waals surface area (Å²) < 4.78 is 34.4. The predicted molar refractivity (Wildman–Crippen MR) is 293 cm³/mol. The standard InChI is InChI=1S/C60H108O14/c1-3-5-7-9-11-13-15-17-19-21-23-24-25-27-29-31-33-35-37-39-41-43-52(62)72-49(46-69-44-42-40-38-36-34-32-30-28-26-22-20-18-16-14-12-10-8-6-4-2)47-70-59-58(68)56(66)54(64)51(74-59)48-71-60-57(67)55(65)53(63)50(45-61)73-60/h5,7,11,13,17,19,23-24,49-51,53-61,63-68H,3-4,6,8-10,12,14-16,18,20-22,25-48H2,1-2H3/b7-5-,13-11-,19-17-,24-23-. The van der Waals surface area contributed by atoms with Crippen LogP contribution in [0.5, 0.6) is 0 Å². The Kier molecular flexibility index (Phi) is 43.2. The van der Waals surface area contributed by atoms with Crippen molar-refractivity contribution >= 4 is 5.97 Å². The van der Waals surface area contributed by atoms with E-state index < -0.39 is 80.7 Å². The molecule has 7 N–H and O–H groups in total. The first kappa shape index (κ1) is 68.1. The topological polar surface area (TPSA) is 214 Å². The number of unbranched alkanes of at least 4 members (excludes halogenated alkanes) is 26. The van der Waals surface area contributed by atoms with Crippen molar-refractivity contribution in [3.63, 3.8) is 0 Å². The SMILES string of the molecule is CC/C=C\C/C=C\C/C=C\C/C=C\CCCCCCCCCCC(=O)OC(COCCCCCCCCCCCCCCCCCCCCC)COC1OC(COC2OC(CO)C(O)C(O)C2O)C(O)C(O)C1O. The number of hydrogen-bond acceptors (Lipinski definition) is 14. The van der Waals surface area contributed by atoms with Crippen molar-refractivity contribution in [1.29, 1.82) is 0 Å². The number of hydrogen-bond donors (Lipinski definition) is 7. The van der Waals surface area contributed by atoms with E-state index in [9.17, 15) is 40.5 Å². The molecule has 2 aliphatic heterocycles. The van der Waals surface area contributed by atoms with Gasteiger partial charge < -0.3 is 64.2 Å². The average Bonchev–Trinajstić information content (AvgIpc) is 3.40. The average molecular weight is 1050 g/mol. The lowest BCUT2D eigenvalue weighted by Crippen LogP contribution is -2.61. The van der Waals surface area contributed by atoms with Crippen LogP contribution in [0, 0.1) is 0 Å². The maximum atomic E-state index is 13.1. The molecule has 0 aromatic carbocycles. The number of carbonyl (C=O) groups excluding carboxylic acids is 1. The number of aliphatic hydroxyl groups excluding tert-OH is 7. The molecule has 74 heavy (non-hydrogen) atoms. The molecular weight excluding hydrogens is 945 g/mol. The lowest BCUT2D eigenvalue weighted by molar-refractivity contribution is -0.332. The molecule has 0 radical (unpaired) electrons. The third-order valence-corrected chi connectivity index (χ3v) is 14.1. The van der Waals surface area contributed by atoms with Crippen molar-refractivity contribution in [2.24, 2.45) is 0 Å². The van der Waals surface area contributed by atoms with Crippen molar-refractivity contribution in [2.45, 2.75) is 293 Å². The fraction of sp³-hybridized carbons (Fsp3) is 0.850. The highest BCUT2D eigenvalue weighted by molar-refractivity contribution is 5.69. The van der Waals surface area contributed by atoms with E-state index in [2.05, 4.69) is 62.5 Å². The minimum atomic E-state index is -1.71. The van der Waals surface area contributed by atoms with Gasteiger partial charge in [0, 0.05) is 13.0 Å². The van der Waals surface area contributed by atoms with E-state index in [1.807, 2.05) is 0 Å². The van der Waals surface area contributed by atoms with Crippen molar-refractivity contribution in [3.8, 4) is 0 Å². The largest absolute Gasteiger partial charge is 0.457 e. The Bertz CT molecular complexity index is 1410. The number of carbonyl (C=O) groups is 1. The van der Waals surface area contributed by atoms with Gasteiger partial charge in [0.2, 0.25) is 0 Å². The van der Waals surface area contributed by atoms with Gasteiger partial charge in [0.1, 0.15) is 54.9 Å². The van der Waals surface area contributed by atoms with Gasteiger partial charge in [0.25, 0.3) is 0 Å². The Morgan fingerprint density at radius 2 is 0.878 bits per heavy atom. The lowest BCUT2D eigenvalue weighted by atomic mass is 9.98. The molecule has 0 aromatic rings. The summed E-state index contributed by atoms with van der Waals surface area (Å²) in [6, 6.07) is 0. The Balaban J connectivity index is 1.71. The molecular formula is C60H108O14. The van der Waals surface area contributed by atoms with Crippen molar-refractivity contribution in [1.82, 2.24) is 0 Å². The first-order valence-electron chi connectivity index (χ1n) is 29.7. The number of ether oxygens (including phenoxy) is 6. The minimum Gasteiger partial charge on any atom is -0.457 e. The van der Waals surface area contributed by atoms with Gasteiger partial charge in [0.05, 0.1) is 26.4 Å². The van der Waals surface area contributed by atoms with Crippen LogP contribution in [0.25, 0.3) is 0 Å². The molecule has 0 amide bonds. The Morgan fingerprint density at radius 1 is 0.459 bits per heavy atom. The summed E-state index contributed by atoms with van der Waals surface area (Å²) in [6.07, 6.45) is 40.2. The number of allylic oxidation sites excluding steroid dienone is 8. The zero-order chi connectivity index (χ0) is 53.7. The summed E-state index contributed by atoms with van der Waals surface area (Å²) in [5.41, 5.74) is 0. The third kappa shape index (κ3) is 33.3. The van der Waals surface area contributed by atoms with Crippen LogP contribution in [0.15, 0.2) is 48.6 Å². The van der Waals surface area contributed by atoms with Crippen LogP contribution in [0.1, 0.15) is 226 Å². The van der Waals surface area contributed by atoms with E-state index in [-0.39, 0.29) is 25.6 Å². The normalized spacial score (nSPS) is 25.1. The van der Waals surface area contributed by atoms with Crippen LogP contribution < -0.4 is 0 Å². The van der Waals surface area contributed by atoms with Crippen molar-refractivity contribution in [3.05, 3.63) is 48.6 Å². The van der Waals surface area contributed by atoms with E-state index in [0.717, 1.165) is 70.6 Å².